The van der Waals surface area contributed by atoms with Crippen molar-refractivity contribution in [3.8, 4) is 0 Å². The summed E-state index contributed by atoms with van der Waals surface area (Å²) in [4.78, 5) is 13.1. The van der Waals surface area contributed by atoms with Gasteiger partial charge in [-0.15, -0.1) is 0 Å². The summed E-state index contributed by atoms with van der Waals surface area (Å²) in [6, 6.07) is 5.68. The molecule has 1 heterocycles. The predicted octanol–water partition coefficient (Wildman–Crippen LogP) is 4.77. The molecule has 0 saturated carbocycles. The maximum atomic E-state index is 13.1. The molecule has 0 aromatic carbocycles. The molecule has 6 heteroatoms. The van der Waals surface area contributed by atoms with E-state index >= 15 is 0 Å². The van der Waals surface area contributed by atoms with Gasteiger partial charge in [0, 0.05) is 0 Å². The normalized spacial score (nSPS) is 24.4. The second-order valence-electron chi connectivity index (χ2n) is 5.55. The Morgan fingerprint density at radius 3 is 1.21 bits per heavy atom. The maximum absolute atomic E-state index is 13.1. The third-order valence-electron chi connectivity index (χ3n) is 4.95. The van der Waals surface area contributed by atoms with E-state index in [2.05, 4.69) is 41.5 Å². The van der Waals surface area contributed by atoms with Crippen molar-refractivity contribution in [2.75, 3.05) is 0 Å². The standard InChI is InChI=1S/C13H30O3Si3/c1-7-17(8-2)13(14)18(9-3,10-4)16-19(11-5,12-6)15-17/h7-12H2,1-6H3. The van der Waals surface area contributed by atoms with Crippen LogP contribution in [-0.2, 0) is 8.23 Å². The maximum Gasteiger partial charge on any atom is 0.317 e. The molecule has 0 aliphatic carbocycles. The van der Waals surface area contributed by atoms with Gasteiger partial charge in [0.15, 0.2) is 5.03 Å². The molecule has 1 saturated heterocycles. The highest BCUT2D eigenvalue weighted by Gasteiger charge is 2.63. The van der Waals surface area contributed by atoms with E-state index in [0.29, 0.717) is 5.03 Å². The van der Waals surface area contributed by atoms with E-state index in [-0.39, 0.29) is 0 Å². The van der Waals surface area contributed by atoms with Gasteiger partial charge in [-0.25, -0.2) is 0 Å². The molecule has 0 aromatic heterocycles. The van der Waals surface area contributed by atoms with Crippen molar-refractivity contribution in [1.82, 2.24) is 0 Å². The number of carbonyl (C=O) groups excluding carboxylic acids is 1. The average molecular weight is 319 g/mol. The molecule has 19 heavy (non-hydrogen) atoms. The fraction of sp³-hybridized carbons (Fsp3) is 0.923. The summed E-state index contributed by atoms with van der Waals surface area (Å²) in [7, 11) is -6.58. The second kappa shape index (κ2) is 6.34. The smallest absolute Gasteiger partial charge is 0.317 e. The van der Waals surface area contributed by atoms with Crippen LogP contribution in [0.4, 0.5) is 4.79 Å². The summed E-state index contributed by atoms with van der Waals surface area (Å²) in [6.45, 7) is 12.9. The topological polar surface area (TPSA) is 35.5 Å². The zero-order chi connectivity index (χ0) is 14.7. The van der Waals surface area contributed by atoms with Crippen molar-refractivity contribution in [3.05, 3.63) is 0 Å². The molecule has 112 valence electrons. The zero-order valence-electron chi connectivity index (χ0n) is 13.5. The molecule has 1 aliphatic rings. The van der Waals surface area contributed by atoms with E-state index in [1.54, 1.807) is 0 Å². The van der Waals surface area contributed by atoms with E-state index in [0.717, 1.165) is 36.3 Å². The summed E-state index contributed by atoms with van der Waals surface area (Å²) in [6.07, 6.45) is 0. The molecule has 0 atom stereocenters. The van der Waals surface area contributed by atoms with Crippen LogP contribution in [0.25, 0.3) is 0 Å². The van der Waals surface area contributed by atoms with Gasteiger partial charge in [-0.2, -0.15) is 0 Å². The van der Waals surface area contributed by atoms with Crippen LogP contribution in [0.3, 0.4) is 0 Å². The van der Waals surface area contributed by atoms with Gasteiger partial charge in [0.05, 0.1) is 0 Å². The average Bonchev–Trinajstić information content (AvgIpc) is 2.48. The van der Waals surface area contributed by atoms with Crippen LogP contribution in [0.2, 0.25) is 36.3 Å². The molecule has 0 spiro atoms. The predicted molar refractivity (Wildman–Crippen MR) is 87.7 cm³/mol. The molecule has 1 aliphatic heterocycles. The van der Waals surface area contributed by atoms with Gasteiger partial charge >= 0.3 is 8.56 Å². The van der Waals surface area contributed by atoms with Crippen molar-refractivity contribution < 1.29 is 13.0 Å². The molecular weight excluding hydrogens is 288 g/mol. The molecule has 0 unspecified atom stereocenters. The molecule has 0 amide bonds. The summed E-state index contributed by atoms with van der Waals surface area (Å²) in [5.74, 6) is 0. The van der Waals surface area contributed by atoms with E-state index in [1.807, 2.05) is 0 Å². The summed E-state index contributed by atoms with van der Waals surface area (Å²) >= 11 is 0. The SMILES string of the molecule is CC[Si]1(CC)O[Si](CC)(CC)C(=O)[Si](CC)(CC)O1. The fourth-order valence-electron chi connectivity index (χ4n) is 3.21. The first-order chi connectivity index (χ1) is 8.93. The van der Waals surface area contributed by atoms with E-state index in [9.17, 15) is 4.79 Å². The van der Waals surface area contributed by atoms with Crippen molar-refractivity contribution >= 4 is 30.2 Å². The lowest BCUT2D eigenvalue weighted by Crippen LogP contribution is -2.73. The summed E-state index contributed by atoms with van der Waals surface area (Å²) in [5.41, 5.74) is 0. The summed E-state index contributed by atoms with van der Waals surface area (Å²) < 4.78 is 13.1. The number of hydrogen-bond acceptors (Lipinski definition) is 3. The number of rotatable bonds is 6. The molecule has 0 radical (unpaired) electrons. The van der Waals surface area contributed by atoms with E-state index in [4.69, 9.17) is 8.23 Å². The van der Waals surface area contributed by atoms with Crippen molar-refractivity contribution in [3.63, 3.8) is 0 Å². The Balaban J connectivity index is 3.33. The third-order valence-corrected chi connectivity index (χ3v) is 22.2. The van der Waals surface area contributed by atoms with Crippen molar-refractivity contribution in [2.45, 2.75) is 77.8 Å². The Labute approximate surface area is 121 Å². The minimum atomic E-state index is -2.23. The van der Waals surface area contributed by atoms with Crippen LogP contribution in [-0.4, -0.2) is 30.2 Å². The molecule has 0 bridgehead atoms. The van der Waals surface area contributed by atoms with Crippen LogP contribution in [0.15, 0.2) is 0 Å². The van der Waals surface area contributed by atoms with E-state index < -0.39 is 25.2 Å². The first-order valence-electron chi connectivity index (χ1n) is 7.88. The van der Waals surface area contributed by atoms with Gasteiger partial charge < -0.3 is 13.0 Å². The van der Waals surface area contributed by atoms with Crippen LogP contribution >= 0.6 is 0 Å². The van der Waals surface area contributed by atoms with Crippen molar-refractivity contribution in [2.24, 2.45) is 0 Å². The van der Waals surface area contributed by atoms with Crippen molar-refractivity contribution in [1.29, 1.82) is 0 Å². The van der Waals surface area contributed by atoms with Gasteiger partial charge in [0.25, 0.3) is 16.6 Å². The Morgan fingerprint density at radius 2 is 1.00 bits per heavy atom. The highest BCUT2D eigenvalue weighted by molar-refractivity contribution is 7.33. The molecular formula is C13H30O3Si3. The minimum Gasteiger partial charge on any atom is -0.430 e. The first-order valence-corrected chi connectivity index (χ1v) is 14.8. The van der Waals surface area contributed by atoms with Crippen LogP contribution in [0.1, 0.15) is 41.5 Å². The molecule has 0 N–H and O–H groups in total. The van der Waals surface area contributed by atoms with Crippen LogP contribution in [0.5, 0.6) is 0 Å². The molecule has 1 rings (SSSR count). The summed E-state index contributed by atoms with van der Waals surface area (Å²) in [5, 5.41) is 0.458. The Bertz CT molecular complexity index is 295. The Morgan fingerprint density at radius 1 is 0.684 bits per heavy atom. The lowest BCUT2D eigenvalue weighted by atomic mass is 10.9. The monoisotopic (exact) mass is 318 g/mol. The Kier molecular flexibility index (Phi) is 5.77. The highest BCUT2D eigenvalue weighted by atomic mass is 28.5. The van der Waals surface area contributed by atoms with Gasteiger partial charge in [-0.3, -0.25) is 0 Å². The highest BCUT2D eigenvalue weighted by Crippen LogP contribution is 2.41. The largest absolute Gasteiger partial charge is 0.430 e. The zero-order valence-corrected chi connectivity index (χ0v) is 16.5. The number of hydrogen-bond donors (Lipinski definition) is 0. The van der Waals surface area contributed by atoms with Crippen LogP contribution in [0, 0.1) is 0 Å². The van der Waals surface area contributed by atoms with Gasteiger partial charge in [0.2, 0.25) is 0 Å². The Hall–Kier alpha value is 0.241. The molecule has 1 fully saturated rings. The lowest BCUT2D eigenvalue weighted by Gasteiger charge is -2.51. The van der Waals surface area contributed by atoms with Gasteiger partial charge in [-0.05, 0) is 36.3 Å². The quantitative estimate of drug-likeness (QED) is 0.662. The number of carbonyl (C=O) groups is 1. The lowest BCUT2D eigenvalue weighted by molar-refractivity contribution is 0.254. The second-order valence-corrected chi connectivity index (χ2v) is 18.6. The van der Waals surface area contributed by atoms with E-state index in [1.165, 1.54) is 0 Å². The van der Waals surface area contributed by atoms with Gasteiger partial charge in [-0.1, -0.05) is 41.5 Å². The van der Waals surface area contributed by atoms with Gasteiger partial charge in [0.1, 0.15) is 0 Å². The molecule has 0 aromatic rings. The fourth-order valence-corrected chi connectivity index (χ4v) is 24.0. The minimum absolute atomic E-state index is 0.458. The molecule has 3 nitrogen and oxygen atoms in total. The van der Waals surface area contributed by atoms with Crippen LogP contribution < -0.4 is 0 Å². The third kappa shape index (κ3) is 2.70. The first kappa shape index (κ1) is 17.3.